The summed E-state index contributed by atoms with van der Waals surface area (Å²) < 4.78 is 6.74. The van der Waals surface area contributed by atoms with E-state index >= 15 is 0 Å². The largest absolute Gasteiger partial charge is 0.475 e. The third-order valence-corrected chi connectivity index (χ3v) is 2.94. The Morgan fingerprint density at radius 2 is 2.00 bits per heavy atom. The Morgan fingerprint density at radius 1 is 1.30 bits per heavy atom. The molecule has 0 bridgehead atoms. The number of rotatable bonds is 2. The van der Waals surface area contributed by atoms with E-state index in [1.807, 2.05) is 18.2 Å². The third-order valence-electron chi connectivity index (χ3n) is 2.94. The lowest BCUT2D eigenvalue weighted by atomic mass is 10.2. The van der Waals surface area contributed by atoms with Crippen LogP contribution >= 0.6 is 0 Å². The van der Waals surface area contributed by atoms with Gasteiger partial charge in [0.1, 0.15) is 5.39 Å². The molecule has 2 heterocycles. The Labute approximate surface area is 112 Å². The molecule has 0 saturated heterocycles. The van der Waals surface area contributed by atoms with Crippen molar-refractivity contribution in [2.75, 3.05) is 0 Å². The normalized spacial score (nSPS) is 10.8. The van der Waals surface area contributed by atoms with Crippen LogP contribution in [0.3, 0.4) is 0 Å². The Bertz CT molecular complexity index is 862. The van der Waals surface area contributed by atoms with Crippen molar-refractivity contribution in [1.29, 1.82) is 0 Å². The number of carbonyl (C=O) groups is 1. The second-order valence-corrected chi connectivity index (χ2v) is 4.29. The number of aromatic carboxylic acids is 1. The smallest absolute Gasteiger partial charge is 0.372 e. The van der Waals surface area contributed by atoms with Gasteiger partial charge in [0.05, 0.1) is 11.4 Å². The monoisotopic (exact) mass is 270 g/mol. The first kappa shape index (κ1) is 12.2. The van der Waals surface area contributed by atoms with Crippen molar-refractivity contribution < 1.29 is 14.3 Å². The summed E-state index contributed by atoms with van der Waals surface area (Å²) in [6.07, 6.45) is 0. The lowest BCUT2D eigenvalue weighted by Crippen LogP contribution is -2.07. The van der Waals surface area contributed by atoms with Gasteiger partial charge in [-0.3, -0.25) is 4.79 Å². The van der Waals surface area contributed by atoms with Crippen LogP contribution in [0.4, 0.5) is 0 Å². The molecule has 20 heavy (non-hydrogen) atoms. The van der Waals surface area contributed by atoms with Crippen molar-refractivity contribution in [3.63, 3.8) is 0 Å². The van der Waals surface area contributed by atoms with Gasteiger partial charge in [0.2, 0.25) is 11.5 Å². The van der Waals surface area contributed by atoms with Crippen LogP contribution in [0.25, 0.3) is 16.8 Å². The molecule has 0 atom stereocenters. The zero-order chi connectivity index (χ0) is 14.3. The molecule has 6 heteroatoms. The van der Waals surface area contributed by atoms with Gasteiger partial charge in [-0.15, -0.1) is 0 Å². The summed E-state index contributed by atoms with van der Waals surface area (Å²) in [7, 11) is 0. The van der Waals surface area contributed by atoms with E-state index in [4.69, 9.17) is 9.52 Å². The maximum Gasteiger partial charge on any atom is 0.372 e. The predicted octanol–water partition coefficient (Wildman–Crippen LogP) is 1.99. The first-order valence-electron chi connectivity index (χ1n) is 5.90. The highest BCUT2D eigenvalue weighted by Crippen LogP contribution is 2.20. The van der Waals surface area contributed by atoms with E-state index in [1.54, 1.807) is 19.1 Å². The van der Waals surface area contributed by atoms with Gasteiger partial charge in [-0.2, -0.15) is 9.78 Å². The molecule has 0 amide bonds. The molecule has 3 rings (SSSR count). The highest BCUT2D eigenvalue weighted by atomic mass is 16.4. The molecule has 2 aromatic heterocycles. The second-order valence-electron chi connectivity index (χ2n) is 4.29. The average molecular weight is 270 g/mol. The molecule has 0 aliphatic carbocycles. The molecule has 1 aromatic carbocycles. The van der Waals surface area contributed by atoms with Crippen LogP contribution in [0.15, 0.2) is 45.6 Å². The number of nitrogens with zero attached hydrogens (tertiary/aromatic N) is 2. The summed E-state index contributed by atoms with van der Waals surface area (Å²) in [4.78, 5) is 23.0. The van der Waals surface area contributed by atoms with Crippen molar-refractivity contribution in [2.24, 2.45) is 0 Å². The summed E-state index contributed by atoms with van der Waals surface area (Å²) in [5.41, 5.74) is 0.910. The summed E-state index contributed by atoms with van der Waals surface area (Å²) in [6.45, 7) is 1.68. The molecule has 0 unspecified atom stereocenters. The fourth-order valence-corrected chi connectivity index (χ4v) is 2.06. The zero-order valence-corrected chi connectivity index (χ0v) is 10.5. The number of hydrogen-bond acceptors (Lipinski definition) is 4. The summed E-state index contributed by atoms with van der Waals surface area (Å²) in [6, 6.07) is 10.0. The molecule has 100 valence electrons. The number of fused-ring (bicyclic) bond motifs is 1. The van der Waals surface area contributed by atoms with Crippen LogP contribution in [0, 0.1) is 6.92 Å². The standard InChI is InChI=1S/C14H10N2O4/c1-8-12-10(17)7-11(14(18)19)20-13(12)16(15-8)9-5-3-2-4-6-9/h2-7H,1H3,(H,18,19). The minimum atomic E-state index is -1.29. The number of carboxylic acid groups (broad SMARTS) is 1. The predicted molar refractivity (Wildman–Crippen MR) is 71.3 cm³/mol. The van der Waals surface area contributed by atoms with Gasteiger partial charge in [-0.05, 0) is 19.1 Å². The van der Waals surface area contributed by atoms with Crippen molar-refractivity contribution in [3.05, 3.63) is 58.1 Å². The van der Waals surface area contributed by atoms with Crippen LogP contribution in [-0.4, -0.2) is 20.9 Å². The number of aromatic nitrogens is 2. The molecule has 6 nitrogen and oxygen atoms in total. The van der Waals surface area contributed by atoms with Crippen molar-refractivity contribution in [3.8, 4) is 5.69 Å². The Hall–Kier alpha value is -2.89. The van der Waals surface area contributed by atoms with Crippen molar-refractivity contribution in [1.82, 2.24) is 9.78 Å². The molecule has 3 aromatic rings. The van der Waals surface area contributed by atoms with E-state index < -0.39 is 17.2 Å². The Kier molecular flexibility index (Phi) is 2.64. The van der Waals surface area contributed by atoms with Crippen LogP contribution in [0.1, 0.15) is 16.2 Å². The molecule has 0 aliphatic rings. The maximum atomic E-state index is 12.0. The van der Waals surface area contributed by atoms with Gasteiger partial charge in [0.15, 0.2) is 5.43 Å². The van der Waals surface area contributed by atoms with Gasteiger partial charge < -0.3 is 9.52 Å². The maximum absolute atomic E-state index is 12.0. The van der Waals surface area contributed by atoms with Crippen LogP contribution in [0.2, 0.25) is 0 Å². The van der Waals surface area contributed by atoms with Crippen LogP contribution < -0.4 is 5.43 Å². The lowest BCUT2D eigenvalue weighted by molar-refractivity contribution is 0.0662. The van der Waals surface area contributed by atoms with E-state index in [2.05, 4.69) is 5.10 Å². The Morgan fingerprint density at radius 3 is 2.65 bits per heavy atom. The lowest BCUT2D eigenvalue weighted by Gasteiger charge is -2.02. The number of hydrogen-bond donors (Lipinski definition) is 1. The van der Waals surface area contributed by atoms with Crippen LogP contribution in [0.5, 0.6) is 0 Å². The molecule has 0 fully saturated rings. The van der Waals surface area contributed by atoms with Gasteiger partial charge in [-0.25, -0.2) is 4.79 Å². The summed E-state index contributed by atoms with van der Waals surface area (Å²) >= 11 is 0. The van der Waals surface area contributed by atoms with Gasteiger partial charge in [0.25, 0.3) is 0 Å². The molecule has 0 saturated carbocycles. The van der Waals surface area contributed by atoms with E-state index in [-0.39, 0.29) is 5.71 Å². The average Bonchev–Trinajstić information content (AvgIpc) is 2.77. The minimum Gasteiger partial charge on any atom is -0.475 e. The number of benzene rings is 1. The fourth-order valence-electron chi connectivity index (χ4n) is 2.06. The molecular formula is C14H10N2O4. The van der Waals surface area contributed by atoms with Crippen molar-refractivity contribution >= 4 is 17.1 Å². The highest BCUT2D eigenvalue weighted by molar-refractivity contribution is 5.87. The topological polar surface area (TPSA) is 85.3 Å². The molecule has 0 radical (unpaired) electrons. The van der Waals surface area contributed by atoms with E-state index in [1.165, 1.54) is 4.68 Å². The molecule has 1 N–H and O–H groups in total. The second kappa shape index (κ2) is 4.34. The van der Waals surface area contributed by atoms with Gasteiger partial charge in [-0.1, -0.05) is 18.2 Å². The van der Waals surface area contributed by atoms with Gasteiger partial charge in [0, 0.05) is 6.07 Å². The summed E-state index contributed by atoms with van der Waals surface area (Å²) in [5.74, 6) is -1.69. The van der Waals surface area contributed by atoms with E-state index in [9.17, 15) is 9.59 Å². The fraction of sp³-hybridized carbons (Fsp3) is 0.0714. The minimum absolute atomic E-state index is 0.138. The van der Waals surface area contributed by atoms with Gasteiger partial charge >= 0.3 is 5.97 Å². The Balaban J connectivity index is 2.40. The quantitative estimate of drug-likeness (QED) is 0.769. The summed E-state index contributed by atoms with van der Waals surface area (Å²) in [5, 5.41) is 13.5. The number of aryl methyl sites for hydroxylation is 1. The molecular weight excluding hydrogens is 260 g/mol. The van der Waals surface area contributed by atoms with Crippen LogP contribution in [-0.2, 0) is 0 Å². The van der Waals surface area contributed by atoms with Crippen molar-refractivity contribution in [2.45, 2.75) is 6.92 Å². The zero-order valence-electron chi connectivity index (χ0n) is 10.5. The van der Waals surface area contributed by atoms with E-state index in [0.717, 1.165) is 6.07 Å². The highest BCUT2D eigenvalue weighted by Gasteiger charge is 2.18. The third kappa shape index (κ3) is 1.78. The molecule has 0 spiro atoms. The first-order chi connectivity index (χ1) is 9.58. The molecule has 0 aliphatic heterocycles. The first-order valence-corrected chi connectivity index (χ1v) is 5.90. The van der Waals surface area contributed by atoms with E-state index in [0.29, 0.717) is 16.8 Å². The SMILES string of the molecule is Cc1nn(-c2ccccc2)c2oc(C(=O)O)cc(=O)c12. The number of carboxylic acids is 1. The number of para-hydroxylation sites is 1.